The molecule has 0 fully saturated rings. The smallest absolute Gasteiger partial charge is 0.408 e. The van der Waals surface area contributed by atoms with Crippen molar-refractivity contribution >= 4 is 33.6 Å². The number of aliphatic hydroxyl groups excluding tert-OH is 1. The van der Waals surface area contributed by atoms with Gasteiger partial charge in [0.25, 0.3) is 0 Å². The van der Waals surface area contributed by atoms with Gasteiger partial charge in [-0.1, -0.05) is 33.6 Å². The number of nitrogens with one attached hydrogen (secondary N) is 1. The minimum Gasteiger partial charge on any atom is -0.444 e. The van der Waals surface area contributed by atoms with Crippen LogP contribution in [-0.2, 0) is 11.2 Å². The van der Waals surface area contributed by atoms with E-state index in [1.807, 2.05) is 18.2 Å². The number of halogens is 2. The van der Waals surface area contributed by atoms with Crippen LogP contribution in [0.1, 0.15) is 39.7 Å². The molecule has 2 N–H and O–H groups in total. The fourth-order valence-electron chi connectivity index (χ4n) is 1.87. The van der Waals surface area contributed by atoms with E-state index >= 15 is 0 Å². The molecule has 0 aromatic heterocycles. The molecular weight excluding hydrogens is 370 g/mol. The topological polar surface area (TPSA) is 58.6 Å². The van der Waals surface area contributed by atoms with Crippen molar-refractivity contribution in [1.82, 2.24) is 5.32 Å². The Hall–Kier alpha value is -0.780. The molecular formula is C16H23BrClNO3. The van der Waals surface area contributed by atoms with Gasteiger partial charge >= 0.3 is 6.09 Å². The number of carbonyl (C=O) groups excluding carboxylic acids is 1. The van der Waals surface area contributed by atoms with Crippen LogP contribution >= 0.6 is 27.5 Å². The monoisotopic (exact) mass is 391 g/mol. The van der Waals surface area contributed by atoms with Crippen molar-refractivity contribution in [3.63, 3.8) is 0 Å². The minimum atomic E-state index is -0.765. The molecule has 1 aromatic carbocycles. The average molecular weight is 393 g/mol. The highest BCUT2D eigenvalue weighted by Crippen LogP contribution is 2.24. The van der Waals surface area contributed by atoms with Crippen LogP contribution in [0.3, 0.4) is 0 Å². The Kier molecular flexibility index (Phi) is 6.71. The Labute approximate surface area is 145 Å². The molecule has 1 aromatic rings. The molecule has 4 nitrogen and oxygen atoms in total. The lowest BCUT2D eigenvalue weighted by Gasteiger charge is -2.30. The molecule has 0 aliphatic heterocycles. The summed E-state index contributed by atoms with van der Waals surface area (Å²) in [4.78, 5) is 11.9. The highest BCUT2D eigenvalue weighted by Gasteiger charge is 2.28. The number of carbonyl (C=O) groups is 1. The van der Waals surface area contributed by atoms with Gasteiger partial charge < -0.3 is 15.2 Å². The number of amides is 1. The molecule has 0 spiro atoms. The summed E-state index contributed by atoms with van der Waals surface area (Å²) in [6.45, 7) is 6.99. The minimum absolute atomic E-state index is 0.180. The van der Waals surface area contributed by atoms with Gasteiger partial charge in [-0.2, -0.15) is 0 Å². The zero-order valence-corrected chi connectivity index (χ0v) is 15.7. The average Bonchev–Trinajstić information content (AvgIpc) is 2.35. The number of rotatable bonds is 5. The molecule has 1 rings (SSSR count). The number of alkyl carbamates (subject to hydrolysis) is 1. The maximum Gasteiger partial charge on any atom is 0.408 e. The van der Waals surface area contributed by atoms with Crippen LogP contribution in [0.25, 0.3) is 0 Å². The molecule has 0 bridgehead atoms. The molecule has 0 radical (unpaired) electrons. The molecule has 0 aliphatic rings. The number of ether oxygens (including phenoxy) is 1. The van der Waals surface area contributed by atoms with E-state index in [2.05, 4.69) is 21.2 Å². The summed E-state index contributed by atoms with van der Waals surface area (Å²) in [6.07, 6.45) is 0.647. The summed E-state index contributed by atoms with van der Waals surface area (Å²) in [6, 6.07) is 5.67. The van der Waals surface area contributed by atoms with Crippen molar-refractivity contribution in [2.45, 2.75) is 51.7 Å². The molecule has 22 heavy (non-hydrogen) atoms. The van der Waals surface area contributed by atoms with Gasteiger partial charge in [0.1, 0.15) is 5.60 Å². The lowest BCUT2D eigenvalue weighted by molar-refractivity contribution is 0.0407. The first kappa shape index (κ1) is 19.3. The van der Waals surface area contributed by atoms with E-state index in [9.17, 15) is 9.90 Å². The largest absolute Gasteiger partial charge is 0.444 e. The van der Waals surface area contributed by atoms with Gasteiger partial charge in [-0.05, 0) is 58.2 Å². The number of aliphatic hydroxyl groups is 1. The first-order valence-corrected chi connectivity index (χ1v) is 8.28. The van der Waals surface area contributed by atoms with Gasteiger partial charge in [0.2, 0.25) is 0 Å². The third kappa shape index (κ3) is 6.55. The van der Waals surface area contributed by atoms with Crippen molar-refractivity contribution in [2.75, 3.05) is 6.61 Å². The predicted octanol–water partition coefficient (Wildman–Crippen LogP) is 4.31. The molecule has 1 atom stereocenters. The van der Waals surface area contributed by atoms with Gasteiger partial charge in [-0.25, -0.2) is 4.79 Å². The van der Waals surface area contributed by atoms with E-state index in [1.54, 1.807) is 27.7 Å². The first-order valence-electron chi connectivity index (χ1n) is 7.11. The molecule has 0 saturated carbocycles. The van der Waals surface area contributed by atoms with Crippen LogP contribution in [0, 0.1) is 0 Å². The normalized spacial score (nSPS) is 14.3. The third-order valence-corrected chi connectivity index (χ3v) is 3.96. The van der Waals surface area contributed by atoms with Crippen LogP contribution in [0.2, 0.25) is 5.02 Å². The summed E-state index contributed by atoms with van der Waals surface area (Å²) >= 11 is 9.55. The Morgan fingerprint density at radius 1 is 1.36 bits per heavy atom. The Morgan fingerprint density at radius 3 is 2.50 bits per heavy atom. The van der Waals surface area contributed by atoms with Crippen molar-refractivity contribution in [3.8, 4) is 0 Å². The van der Waals surface area contributed by atoms with Crippen molar-refractivity contribution in [3.05, 3.63) is 33.3 Å². The van der Waals surface area contributed by atoms with Crippen LogP contribution in [-0.4, -0.2) is 28.9 Å². The Balaban J connectivity index is 2.68. The fraction of sp³-hybridized carbons (Fsp3) is 0.562. The van der Waals surface area contributed by atoms with E-state index in [4.69, 9.17) is 16.3 Å². The maximum absolute atomic E-state index is 11.9. The summed E-state index contributed by atoms with van der Waals surface area (Å²) in [5, 5.41) is 13.0. The SMILES string of the molecule is CC(CO)(CCc1ccc(Br)cc1Cl)NC(=O)OC(C)(C)C. The van der Waals surface area contributed by atoms with Gasteiger partial charge in [0, 0.05) is 9.50 Å². The number of hydrogen-bond acceptors (Lipinski definition) is 3. The highest BCUT2D eigenvalue weighted by molar-refractivity contribution is 9.10. The molecule has 0 heterocycles. The highest BCUT2D eigenvalue weighted by atomic mass is 79.9. The number of aryl methyl sites for hydroxylation is 1. The second kappa shape index (κ2) is 7.66. The number of hydrogen-bond donors (Lipinski definition) is 2. The van der Waals surface area contributed by atoms with Crippen LogP contribution in [0.4, 0.5) is 4.79 Å². The zero-order valence-electron chi connectivity index (χ0n) is 13.4. The summed E-state index contributed by atoms with van der Waals surface area (Å²) in [5.74, 6) is 0. The number of benzene rings is 1. The summed E-state index contributed by atoms with van der Waals surface area (Å²) < 4.78 is 6.15. The van der Waals surface area contributed by atoms with Crippen molar-refractivity contribution < 1.29 is 14.6 Å². The van der Waals surface area contributed by atoms with E-state index in [0.717, 1.165) is 10.0 Å². The third-order valence-electron chi connectivity index (χ3n) is 3.11. The zero-order chi connectivity index (χ0) is 17.0. The van der Waals surface area contributed by atoms with Crippen LogP contribution in [0.15, 0.2) is 22.7 Å². The molecule has 124 valence electrons. The second-order valence-electron chi connectivity index (χ2n) is 6.58. The quantitative estimate of drug-likeness (QED) is 0.785. The standard InChI is InChI=1S/C16H23BrClNO3/c1-15(2,3)22-14(21)19-16(4,10-20)8-7-11-5-6-12(17)9-13(11)18/h5-6,9,20H,7-8,10H2,1-4H3,(H,19,21). The molecule has 6 heteroatoms. The predicted molar refractivity (Wildman–Crippen MR) is 92.3 cm³/mol. The second-order valence-corrected chi connectivity index (χ2v) is 7.90. The Morgan fingerprint density at radius 2 is 2.00 bits per heavy atom. The van der Waals surface area contributed by atoms with Crippen molar-refractivity contribution in [2.24, 2.45) is 0 Å². The van der Waals surface area contributed by atoms with Gasteiger partial charge in [-0.3, -0.25) is 0 Å². The lowest BCUT2D eigenvalue weighted by atomic mass is 9.94. The molecule has 1 amide bonds. The fourth-order valence-corrected chi connectivity index (χ4v) is 2.63. The van der Waals surface area contributed by atoms with Crippen LogP contribution in [0.5, 0.6) is 0 Å². The maximum atomic E-state index is 11.9. The molecule has 0 saturated heterocycles. The molecule has 0 aliphatic carbocycles. The van der Waals surface area contributed by atoms with Gasteiger partial charge in [-0.15, -0.1) is 0 Å². The van der Waals surface area contributed by atoms with E-state index < -0.39 is 17.2 Å². The Bertz CT molecular complexity index is 531. The first-order chi connectivity index (χ1) is 10.0. The molecule has 1 unspecified atom stereocenters. The van der Waals surface area contributed by atoms with E-state index in [-0.39, 0.29) is 6.61 Å². The van der Waals surface area contributed by atoms with E-state index in [1.165, 1.54) is 0 Å². The summed E-state index contributed by atoms with van der Waals surface area (Å²) in [5.41, 5.74) is -0.371. The summed E-state index contributed by atoms with van der Waals surface area (Å²) in [7, 11) is 0. The van der Waals surface area contributed by atoms with Crippen LogP contribution < -0.4 is 5.32 Å². The van der Waals surface area contributed by atoms with Gasteiger partial charge in [0.15, 0.2) is 0 Å². The van der Waals surface area contributed by atoms with E-state index in [0.29, 0.717) is 17.9 Å². The lowest BCUT2D eigenvalue weighted by Crippen LogP contribution is -2.50. The van der Waals surface area contributed by atoms with Gasteiger partial charge in [0.05, 0.1) is 12.1 Å². The van der Waals surface area contributed by atoms with Crippen molar-refractivity contribution in [1.29, 1.82) is 0 Å².